The number of hydrogen-bond acceptors (Lipinski definition) is 2. The highest BCUT2D eigenvalue weighted by atomic mass is 16.2. The largest absolute Gasteiger partial charge is 0.276 e. The number of amides is 2. The molecular weight excluding hydrogens is 274 g/mol. The molecule has 22 heavy (non-hydrogen) atoms. The van der Waals surface area contributed by atoms with Crippen LogP contribution in [0.15, 0.2) is 30.3 Å². The SMILES string of the molecule is C[C@@H](Cc1ccccc1)C(=O)N1C(=O)[C@H]2CC[C@]1(C)C2(C)C. The van der Waals surface area contributed by atoms with E-state index in [1.165, 1.54) is 0 Å². The Morgan fingerprint density at radius 2 is 1.91 bits per heavy atom. The maximum absolute atomic E-state index is 12.9. The van der Waals surface area contributed by atoms with Crippen LogP contribution in [-0.2, 0) is 16.0 Å². The maximum atomic E-state index is 12.9. The smallest absolute Gasteiger partial charge is 0.233 e. The molecule has 118 valence electrons. The second-order valence-corrected chi connectivity index (χ2v) is 7.69. The lowest BCUT2D eigenvalue weighted by molar-refractivity contribution is -0.153. The number of imide groups is 1. The van der Waals surface area contributed by atoms with Crippen molar-refractivity contribution in [3.05, 3.63) is 35.9 Å². The van der Waals surface area contributed by atoms with Gasteiger partial charge in [-0.25, -0.2) is 0 Å². The summed E-state index contributed by atoms with van der Waals surface area (Å²) in [6.45, 7) is 8.30. The number of hydrogen-bond donors (Lipinski definition) is 0. The summed E-state index contributed by atoms with van der Waals surface area (Å²) < 4.78 is 0. The Hall–Kier alpha value is -1.64. The molecule has 2 fully saturated rings. The third-order valence-corrected chi connectivity index (χ3v) is 6.22. The summed E-state index contributed by atoms with van der Waals surface area (Å²) in [6.07, 6.45) is 2.53. The van der Waals surface area contributed by atoms with Crippen molar-refractivity contribution < 1.29 is 9.59 Å². The Kier molecular flexibility index (Phi) is 3.42. The second kappa shape index (κ2) is 4.94. The highest BCUT2D eigenvalue weighted by molar-refractivity contribution is 6.01. The van der Waals surface area contributed by atoms with Crippen molar-refractivity contribution in [1.82, 2.24) is 4.90 Å². The molecule has 1 saturated carbocycles. The zero-order valence-corrected chi connectivity index (χ0v) is 13.9. The van der Waals surface area contributed by atoms with Gasteiger partial charge in [-0.1, -0.05) is 51.1 Å². The van der Waals surface area contributed by atoms with Gasteiger partial charge in [-0.3, -0.25) is 14.5 Å². The minimum Gasteiger partial charge on any atom is -0.276 e. The molecule has 1 aromatic carbocycles. The van der Waals surface area contributed by atoms with Crippen molar-refractivity contribution in [1.29, 1.82) is 0 Å². The van der Waals surface area contributed by atoms with E-state index in [0.717, 1.165) is 18.4 Å². The fraction of sp³-hybridized carbons (Fsp3) is 0.579. The zero-order valence-electron chi connectivity index (χ0n) is 13.9. The highest BCUT2D eigenvalue weighted by Crippen LogP contribution is 2.59. The molecule has 0 aromatic heterocycles. The van der Waals surface area contributed by atoms with E-state index in [1.807, 2.05) is 37.3 Å². The van der Waals surface area contributed by atoms with Crippen LogP contribution in [0.1, 0.15) is 46.1 Å². The Morgan fingerprint density at radius 1 is 1.27 bits per heavy atom. The number of fused-ring (bicyclic) bond motifs is 2. The van der Waals surface area contributed by atoms with E-state index < -0.39 is 0 Å². The minimum atomic E-state index is -0.323. The lowest BCUT2D eigenvalue weighted by Gasteiger charge is -2.41. The Bertz CT molecular complexity index is 607. The van der Waals surface area contributed by atoms with Gasteiger partial charge in [0.05, 0.1) is 5.54 Å². The first-order chi connectivity index (χ1) is 10.3. The van der Waals surface area contributed by atoms with E-state index >= 15 is 0 Å². The van der Waals surface area contributed by atoms with Gasteiger partial charge in [-0.2, -0.15) is 0 Å². The summed E-state index contributed by atoms with van der Waals surface area (Å²) in [5.41, 5.74) is 0.702. The lowest BCUT2D eigenvalue weighted by Crippen LogP contribution is -2.54. The molecule has 1 heterocycles. The topological polar surface area (TPSA) is 37.4 Å². The molecule has 1 saturated heterocycles. The molecule has 0 unspecified atom stereocenters. The Morgan fingerprint density at radius 3 is 2.45 bits per heavy atom. The molecule has 0 N–H and O–H groups in total. The van der Waals surface area contributed by atoms with E-state index in [4.69, 9.17) is 0 Å². The summed E-state index contributed by atoms with van der Waals surface area (Å²) in [6, 6.07) is 10.0. The van der Waals surface area contributed by atoms with E-state index in [9.17, 15) is 9.59 Å². The van der Waals surface area contributed by atoms with Crippen molar-refractivity contribution in [3.8, 4) is 0 Å². The number of likely N-dealkylation sites (tertiary alicyclic amines) is 1. The molecule has 0 radical (unpaired) electrons. The van der Waals surface area contributed by atoms with Crippen LogP contribution in [0.3, 0.4) is 0 Å². The quantitative estimate of drug-likeness (QED) is 0.857. The number of nitrogens with zero attached hydrogens (tertiary/aromatic N) is 1. The van der Waals surface area contributed by atoms with Crippen LogP contribution in [0.5, 0.6) is 0 Å². The molecule has 1 aliphatic carbocycles. The van der Waals surface area contributed by atoms with Crippen LogP contribution in [0.25, 0.3) is 0 Å². The standard InChI is InChI=1S/C19H25NO2/c1-13(12-14-8-6-5-7-9-14)16(21)20-17(22)15-10-11-19(20,4)18(15,2)3/h5-9,13,15H,10-12H2,1-4H3/t13-,15+,19+/m0/s1. The van der Waals surface area contributed by atoms with Crippen LogP contribution < -0.4 is 0 Å². The van der Waals surface area contributed by atoms with Crippen LogP contribution in [-0.4, -0.2) is 22.3 Å². The molecule has 2 amide bonds. The first-order valence-electron chi connectivity index (χ1n) is 8.21. The van der Waals surface area contributed by atoms with Gasteiger partial charge in [-0.05, 0) is 37.2 Å². The number of rotatable bonds is 3. The number of piperidine rings is 1. The van der Waals surface area contributed by atoms with Gasteiger partial charge in [0.25, 0.3) is 0 Å². The summed E-state index contributed by atoms with van der Waals surface area (Å²) in [5.74, 6) is -0.126. The van der Waals surface area contributed by atoms with Gasteiger partial charge in [0.2, 0.25) is 11.8 Å². The average molecular weight is 299 g/mol. The van der Waals surface area contributed by atoms with Crippen molar-refractivity contribution in [2.24, 2.45) is 17.3 Å². The van der Waals surface area contributed by atoms with Gasteiger partial charge >= 0.3 is 0 Å². The molecule has 3 atom stereocenters. The molecule has 2 bridgehead atoms. The first-order valence-corrected chi connectivity index (χ1v) is 8.21. The van der Waals surface area contributed by atoms with Crippen LogP contribution in [0.4, 0.5) is 0 Å². The third kappa shape index (κ3) is 1.94. The lowest BCUT2D eigenvalue weighted by atomic mass is 9.74. The van der Waals surface area contributed by atoms with Crippen LogP contribution in [0.2, 0.25) is 0 Å². The van der Waals surface area contributed by atoms with Crippen molar-refractivity contribution in [2.75, 3.05) is 0 Å². The molecule has 3 heteroatoms. The molecule has 3 nitrogen and oxygen atoms in total. The summed E-state index contributed by atoms with van der Waals surface area (Å²) >= 11 is 0. The molecule has 3 rings (SSSR count). The van der Waals surface area contributed by atoms with E-state index in [2.05, 4.69) is 20.8 Å². The molecule has 1 aromatic rings. The van der Waals surface area contributed by atoms with Crippen LogP contribution in [0, 0.1) is 17.3 Å². The Balaban J connectivity index is 1.82. The van der Waals surface area contributed by atoms with Gasteiger partial charge in [0, 0.05) is 11.8 Å². The highest BCUT2D eigenvalue weighted by Gasteiger charge is 2.67. The molecule has 0 spiro atoms. The fourth-order valence-corrected chi connectivity index (χ4v) is 4.34. The number of benzene rings is 1. The Labute approximate surface area is 132 Å². The van der Waals surface area contributed by atoms with Gasteiger partial charge < -0.3 is 0 Å². The van der Waals surface area contributed by atoms with Gasteiger partial charge in [-0.15, -0.1) is 0 Å². The fourth-order valence-electron chi connectivity index (χ4n) is 4.34. The first kappa shape index (κ1) is 15.3. The van der Waals surface area contributed by atoms with Crippen molar-refractivity contribution >= 4 is 11.8 Å². The summed E-state index contributed by atoms with van der Waals surface area (Å²) in [5, 5.41) is 0. The minimum absolute atomic E-state index is 0.00498. The summed E-state index contributed by atoms with van der Waals surface area (Å²) in [4.78, 5) is 27.2. The number of carbonyl (C=O) groups is 2. The van der Waals surface area contributed by atoms with Gasteiger partial charge in [0.1, 0.15) is 0 Å². The maximum Gasteiger partial charge on any atom is 0.233 e. The third-order valence-electron chi connectivity index (χ3n) is 6.22. The molecule has 2 aliphatic rings. The summed E-state index contributed by atoms with van der Waals surface area (Å²) in [7, 11) is 0. The van der Waals surface area contributed by atoms with E-state index in [0.29, 0.717) is 6.42 Å². The van der Waals surface area contributed by atoms with Gasteiger partial charge in [0.15, 0.2) is 0 Å². The van der Waals surface area contributed by atoms with Crippen LogP contribution >= 0.6 is 0 Å². The number of carbonyl (C=O) groups excluding carboxylic acids is 2. The van der Waals surface area contributed by atoms with E-state index in [1.54, 1.807) is 4.90 Å². The normalized spacial score (nSPS) is 30.6. The average Bonchev–Trinajstić information content (AvgIpc) is 2.78. The van der Waals surface area contributed by atoms with E-state index in [-0.39, 0.29) is 34.6 Å². The predicted octanol–water partition coefficient (Wildman–Crippen LogP) is 3.43. The predicted molar refractivity (Wildman–Crippen MR) is 86.1 cm³/mol. The molecular formula is C19H25NO2. The zero-order chi connectivity index (χ0) is 16.1. The molecule has 1 aliphatic heterocycles. The second-order valence-electron chi connectivity index (χ2n) is 7.69. The monoisotopic (exact) mass is 299 g/mol. The van der Waals surface area contributed by atoms with Crippen molar-refractivity contribution in [3.63, 3.8) is 0 Å². The van der Waals surface area contributed by atoms with Crippen molar-refractivity contribution in [2.45, 2.75) is 52.5 Å².